The molecule has 0 saturated heterocycles. The Labute approximate surface area is 170 Å². The summed E-state index contributed by atoms with van der Waals surface area (Å²) in [6.07, 6.45) is 4.90. The average molecular weight is 383 g/mol. The zero-order chi connectivity index (χ0) is 19.7. The van der Waals surface area contributed by atoms with Crippen LogP contribution in [0.3, 0.4) is 0 Å². The van der Waals surface area contributed by atoms with Crippen LogP contribution < -0.4 is 0 Å². The molecule has 0 aliphatic heterocycles. The zero-order valence-electron chi connectivity index (χ0n) is 16.5. The molecule has 29 heavy (non-hydrogen) atoms. The third-order valence-corrected chi connectivity index (χ3v) is 6.28. The van der Waals surface area contributed by atoms with Crippen LogP contribution >= 0.6 is 0 Å². The maximum atomic E-state index is 13.6. The van der Waals surface area contributed by atoms with Crippen LogP contribution in [-0.4, -0.2) is 10.5 Å². The van der Waals surface area contributed by atoms with E-state index < -0.39 is 5.54 Å². The SMILES string of the molecule is O=C(OCc1ccccc1)C1(n2c3ccccc3c3ccccc32)CCCCC1. The highest BCUT2D eigenvalue weighted by atomic mass is 16.5. The van der Waals surface area contributed by atoms with E-state index in [0.717, 1.165) is 42.3 Å². The van der Waals surface area contributed by atoms with Crippen LogP contribution in [0.1, 0.15) is 37.7 Å². The highest BCUT2D eigenvalue weighted by Gasteiger charge is 2.44. The molecule has 4 aromatic rings. The van der Waals surface area contributed by atoms with Gasteiger partial charge in [0.25, 0.3) is 0 Å². The molecule has 0 N–H and O–H groups in total. The summed E-state index contributed by atoms with van der Waals surface area (Å²) in [7, 11) is 0. The molecule has 3 nitrogen and oxygen atoms in total. The standard InChI is InChI=1S/C26H25NO2/c28-25(29-19-20-11-3-1-4-12-20)26(17-9-2-10-18-26)27-23-15-7-5-13-21(23)22-14-6-8-16-24(22)27/h1,3-8,11-16H,2,9-10,17-19H2. The largest absolute Gasteiger partial charge is 0.459 e. The van der Waals surface area contributed by atoms with Gasteiger partial charge in [-0.3, -0.25) is 0 Å². The maximum Gasteiger partial charge on any atom is 0.332 e. The van der Waals surface area contributed by atoms with Gasteiger partial charge in [0.2, 0.25) is 0 Å². The zero-order valence-corrected chi connectivity index (χ0v) is 16.5. The summed E-state index contributed by atoms with van der Waals surface area (Å²) in [5, 5.41) is 2.40. The molecule has 3 aromatic carbocycles. The van der Waals surface area contributed by atoms with Gasteiger partial charge in [0.05, 0.1) is 11.0 Å². The molecule has 0 atom stereocenters. The van der Waals surface area contributed by atoms with E-state index in [1.165, 1.54) is 17.2 Å². The summed E-state index contributed by atoms with van der Waals surface area (Å²) in [4.78, 5) is 13.6. The Morgan fingerprint density at radius 3 is 1.93 bits per heavy atom. The van der Waals surface area contributed by atoms with Gasteiger partial charge < -0.3 is 9.30 Å². The van der Waals surface area contributed by atoms with Gasteiger partial charge in [-0.1, -0.05) is 86.0 Å². The number of hydrogen-bond acceptors (Lipinski definition) is 2. The van der Waals surface area contributed by atoms with Crippen LogP contribution in [0.4, 0.5) is 0 Å². The van der Waals surface area contributed by atoms with Gasteiger partial charge in [0.1, 0.15) is 12.1 Å². The van der Waals surface area contributed by atoms with Crippen molar-refractivity contribution in [2.24, 2.45) is 0 Å². The molecular weight excluding hydrogens is 358 g/mol. The fraction of sp³-hybridized carbons (Fsp3) is 0.269. The van der Waals surface area contributed by atoms with Gasteiger partial charge in [-0.15, -0.1) is 0 Å². The summed E-state index contributed by atoms with van der Waals surface area (Å²) in [6.45, 7) is 0.318. The molecular formula is C26H25NO2. The quantitative estimate of drug-likeness (QED) is 0.393. The van der Waals surface area contributed by atoms with Crippen molar-refractivity contribution in [3.63, 3.8) is 0 Å². The van der Waals surface area contributed by atoms with E-state index in [9.17, 15) is 4.79 Å². The lowest BCUT2D eigenvalue weighted by Crippen LogP contribution is -2.44. The van der Waals surface area contributed by atoms with Crippen molar-refractivity contribution in [1.82, 2.24) is 4.57 Å². The molecule has 1 fully saturated rings. The van der Waals surface area contributed by atoms with E-state index in [4.69, 9.17) is 4.74 Å². The molecule has 0 bridgehead atoms. The van der Waals surface area contributed by atoms with Gasteiger partial charge >= 0.3 is 5.97 Å². The lowest BCUT2D eigenvalue weighted by atomic mass is 9.81. The van der Waals surface area contributed by atoms with Gasteiger partial charge in [-0.2, -0.15) is 0 Å². The van der Waals surface area contributed by atoms with Crippen molar-refractivity contribution in [3.05, 3.63) is 84.4 Å². The summed E-state index contributed by atoms with van der Waals surface area (Å²) >= 11 is 0. The Morgan fingerprint density at radius 2 is 1.31 bits per heavy atom. The molecule has 0 spiro atoms. The van der Waals surface area contributed by atoms with Crippen molar-refractivity contribution in [2.45, 2.75) is 44.2 Å². The molecule has 1 saturated carbocycles. The first-order valence-electron chi connectivity index (χ1n) is 10.5. The maximum absolute atomic E-state index is 13.6. The number of aromatic nitrogens is 1. The minimum absolute atomic E-state index is 0.104. The Kier molecular flexibility index (Phi) is 4.59. The molecule has 1 aromatic heterocycles. The van der Waals surface area contributed by atoms with E-state index in [-0.39, 0.29) is 5.97 Å². The molecule has 146 valence electrons. The number of fused-ring (bicyclic) bond motifs is 3. The second-order valence-corrected chi connectivity index (χ2v) is 8.02. The number of nitrogens with zero attached hydrogens (tertiary/aromatic N) is 1. The van der Waals surface area contributed by atoms with Crippen molar-refractivity contribution in [1.29, 1.82) is 0 Å². The molecule has 1 aliphatic carbocycles. The normalized spacial score (nSPS) is 16.1. The average Bonchev–Trinajstić information content (AvgIpc) is 3.13. The van der Waals surface area contributed by atoms with E-state index in [0.29, 0.717) is 6.61 Å². The summed E-state index contributed by atoms with van der Waals surface area (Å²) < 4.78 is 8.21. The molecule has 1 heterocycles. The minimum Gasteiger partial charge on any atom is -0.459 e. The molecule has 0 radical (unpaired) electrons. The number of carbonyl (C=O) groups excluding carboxylic acids is 1. The summed E-state index contributed by atoms with van der Waals surface area (Å²) in [5.74, 6) is -0.104. The summed E-state index contributed by atoms with van der Waals surface area (Å²) in [5.41, 5.74) is 2.61. The predicted octanol–water partition coefficient (Wildman–Crippen LogP) is 6.20. The Bertz CT molecular complexity index is 1100. The van der Waals surface area contributed by atoms with Gasteiger partial charge in [0, 0.05) is 10.8 Å². The summed E-state index contributed by atoms with van der Waals surface area (Å²) in [6, 6.07) is 26.8. The first-order chi connectivity index (χ1) is 14.3. The van der Waals surface area contributed by atoms with Crippen molar-refractivity contribution >= 4 is 27.8 Å². The van der Waals surface area contributed by atoms with Gasteiger partial charge in [-0.25, -0.2) is 4.79 Å². The predicted molar refractivity (Wildman–Crippen MR) is 117 cm³/mol. The number of ether oxygens (including phenoxy) is 1. The number of esters is 1. The lowest BCUT2D eigenvalue weighted by Gasteiger charge is -2.37. The van der Waals surface area contributed by atoms with E-state index in [2.05, 4.69) is 53.1 Å². The van der Waals surface area contributed by atoms with E-state index in [1.807, 2.05) is 30.3 Å². The van der Waals surface area contributed by atoms with Crippen molar-refractivity contribution < 1.29 is 9.53 Å². The second-order valence-electron chi connectivity index (χ2n) is 8.02. The number of hydrogen-bond donors (Lipinski definition) is 0. The molecule has 3 heteroatoms. The smallest absolute Gasteiger partial charge is 0.332 e. The first kappa shape index (κ1) is 18.0. The second kappa shape index (κ2) is 7.40. The number of benzene rings is 3. The van der Waals surface area contributed by atoms with Crippen LogP contribution in [0.5, 0.6) is 0 Å². The van der Waals surface area contributed by atoms with Crippen LogP contribution in [0.15, 0.2) is 78.9 Å². The van der Waals surface area contributed by atoms with Gasteiger partial charge in [-0.05, 0) is 30.5 Å². The highest BCUT2D eigenvalue weighted by Crippen LogP contribution is 2.42. The minimum atomic E-state index is -0.643. The fourth-order valence-corrected chi connectivity index (χ4v) is 4.90. The molecule has 5 rings (SSSR count). The van der Waals surface area contributed by atoms with Crippen molar-refractivity contribution in [3.8, 4) is 0 Å². The van der Waals surface area contributed by atoms with E-state index >= 15 is 0 Å². The fourth-order valence-electron chi connectivity index (χ4n) is 4.90. The Morgan fingerprint density at radius 1 is 0.759 bits per heavy atom. The van der Waals surface area contributed by atoms with Crippen LogP contribution in [-0.2, 0) is 21.7 Å². The van der Waals surface area contributed by atoms with Crippen LogP contribution in [0.2, 0.25) is 0 Å². The Balaban J connectivity index is 1.63. The molecule has 0 amide bonds. The third-order valence-electron chi connectivity index (χ3n) is 6.28. The lowest BCUT2D eigenvalue weighted by molar-refractivity contribution is -0.157. The topological polar surface area (TPSA) is 31.2 Å². The monoisotopic (exact) mass is 383 g/mol. The molecule has 1 aliphatic rings. The number of rotatable bonds is 4. The number of carbonyl (C=O) groups is 1. The third kappa shape index (κ3) is 3.02. The van der Waals surface area contributed by atoms with E-state index in [1.54, 1.807) is 0 Å². The van der Waals surface area contributed by atoms with Crippen LogP contribution in [0, 0.1) is 0 Å². The number of para-hydroxylation sites is 2. The first-order valence-corrected chi connectivity index (χ1v) is 10.5. The van der Waals surface area contributed by atoms with Crippen molar-refractivity contribution in [2.75, 3.05) is 0 Å². The molecule has 0 unspecified atom stereocenters. The van der Waals surface area contributed by atoms with Crippen LogP contribution in [0.25, 0.3) is 21.8 Å². The Hall–Kier alpha value is -3.07. The highest BCUT2D eigenvalue weighted by molar-refractivity contribution is 6.09. The van der Waals surface area contributed by atoms with Gasteiger partial charge in [0.15, 0.2) is 0 Å².